The van der Waals surface area contributed by atoms with Gasteiger partial charge in [0.05, 0.1) is 21.9 Å². The van der Waals surface area contributed by atoms with Crippen LogP contribution < -0.4 is 11.3 Å². The number of carbonyl (C=O) groups is 1. The summed E-state index contributed by atoms with van der Waals surface area (Å²) in [4.78, 5) is 38.0. The molecule has 0 unspecified atom stereocenters. The zero-order valence-electron chi connectivity index (χ0n) is 19.1. The lowest BCUT2D eigenvalue weighted by atomic mass is 9.89. The quantitative estimate of drug-likeness (QED) is 0.359. The van der Waals surface area contributed by atoms with E-state index in [9.17, 15) is 29.7 Å². The fourth-order valence-electron chi connectivity index (χ4n) is 4.06. The molecule has 0 saturated carbocycles. The highest BCUT2D eigenvalue weighted by atomic mass is 16.4. The number of fused-ring (bicyclic) bond motifs is 2. The Labute approximate surface area is 193 Å². The van der Waals surface area contributed by atoms with Crippen LogP contribution in [0.25, 0.3) is 21.9 Å². The summed E-state index contributed by atoms with van der Waals surface area (Å²) in [5.41, 5.74) is -1.82. The van der Waals surface area contributed by atoms with Gasteiger partial charge in [0.25, 0.3) is 0 Å². The van der Waals surface area contributed by atoms with Crippen LogP contribution in [-0.4, -0.2) is 21.3 Å². The minimum absolute atomic E-state index is 0.0659. The van der Waals surface area contributed by atoms with E-state index >= 15 is 0 Å². The molecule has 0 radical (unpaired) electrons. The van der Waals surface area contributed by atoms with Gasteiger partial charge in [0.15, 0.2) is 0 Å². The predicted octanol–water partition coefficient (Wildman–Crippen LogP) is 4.77. The Balaban J connectivity index is 2.06. The fourth-order valence-corrected chi connectivity index (χ4v) is 4.06. The van der Waals surface area contributed by atoms with Crippen molar-refractivity contribution in [1.29, 1.82) is 0 Å². The van der Waals surface area contributed by atoms with E-state index in [4.69, 9.17) is 8.83 Å². The van der Waals surface area contributed by atoms with Gasteiger partial charge in [-0.2, -0.15) is 0 Å². The summed E-state index contributed by atoms with van der Waals surface area (Å²) in [5.74, 6) is -4.75. The number of hydrogen-bond donors (Lipinski definition) is 3. The molecule has 3 N–H and O–H groups in total. The maximum absolute atomic E-state index is 12.8. The van der Waals surface area contributed by atoms with Crippen molar-refractivity contribution >= 4 is 27.9 Å². The second-order valence-corrected chi connectivity index (χ2v) is 8.90. The smallest absolute Gasteiger partial charge is 0.344 e. The first-order chi connectivity index (χ1) is 16.0. The van der Waals surface area contributed by atoms with Gasteiger partial charge in [-0.05, 0) is 47.2 Å². The average Bonchev–Trinajstić information content (AvgIpc) is 2.77. The minimum Gasteiger partial charge on any atom is -0.507 e. The normalized spacial score (nSPS) is 11.9. The van der Waals surface area contributed by atoms with Gasteiger partial charge in [-0.3, -0.25) is 4.79 Å². The molecule has 0 spiro atoms. The van der Waals surface area contributed by atoms with Gasteiger partial charge in [-0.15, -0.1) is 0 Å². The van der Waals surface area contributed by atoms with Crippen LogP contribution >= 0.6 is 0 Å². The molecule has 0 aliphatic rings. The Morgan fingerprint density at radius 2 is 1.12 bits per heavy atom. The molecule has 0 saturated heterocycles. The topological polar surface area (TPSA) is 138 Å². The van der Waals surface area contributed by atoms with Crippen LogP contribution in [0.3, 0.4) is 0 Å². The molecule has 176 valence electrons. The number of benzene rings is 2. The summed E-state index contributed by atoms with van der Waals surface area (Å²) in [6, 6.07) is 9.69. The third-order valence-electron chi connectivity index (χ3n) is 6.03. The van der Waals surface area contributed by atoms with Gasteiger partial charge in [0.1, 0.15) is 28.6 Å². The van der Waals surface area contributed by atoms with Gasteiger partial charge >= 0.3 is 17.2 Å². The lowest BCUT2D eigenvalue weighted by Crippen LogP contribution is -2.26. The van der Waals surface area contributed by atoms with Crippen molar-refractivity contribution < 1.29 is 28.9 Å². The standard InChI is InChI=1S/C26H24O8/c1-11(2)13-5-7-17-15(9-13)22(27)20(25(31)33-17)19(24(29)30)21-23(28)16-10-14(12(3)4)6-8-18(16)34-26(21)32/h5-12,19,27-28H,1-4H3,(H,29,30). The van der Waals surface area contributed by atoms with E-state index in [1.165, 1.54) is 12.1 Å². The lowest BCUT2D eigenvalue weighted by Gasteiger charge is -2.16. The third kappa shape index (κ3) is 3.71. The Morgan fingerprint density at radius 3 is 1.44 bits per heavy atom. The van der Waals surface area contributed by atoms with Gasteiger partial charge < -0.3 is 24.2 Å². The maximum atomic E-state index is 12.8. The summed E-state index contributed by atoms with van der Waals surface area (Å²) in [7, 11) is 0. The van der Waals surface area contributed by atoms with Crippen LogP contribution in [0, 0.1) is 0 Å². The van der Waals surface area contributed by atoms with Crippen LogP contribution in [0.5, 0.6) is 11.5 Å². The summed E-state index contributed by atoms with van der Waals surface area (Å²) in [6.45, 7) is 7.73. The maximum Gasteiger partial charge on any atom is 0.344 e. The molecule has 2 aromatic heterocycles. The van der Waals surface area contributed by atoms with Gasteiger partial charge in [-0.1, -0.05) is 39.8 Å². The van der Waals surface area contributed by atoms with Crippen LogP contribution in [0.15, 0.2) is 54.8 Å². The first-order valence-electron chi connectivity index (χ1n) is 10.8. The SMILES string of the molecule is CC(C)c1ccc2oc(=O)c(C(C(=O)O)c3c(O)c4cc(C(C)C)ccc4oc3=O)c(O)c2c1. The molecule has 0 bridgehead atoms. The molecular weight excluding hydrogens is 440 g/mol. The van der Waals surface area contributed by atoms with Crippen molar-refractivity contribution in [2.45, 2.75) is 45.4 Å². The summed E-state index contributed by atoms with van der Waals surface area (Å²) in [5, 5.41) is 32.3. The van der Waals surface area contributed by atoms with Crippen LogP contribution in [0.4, 0.5) is 0 Å². The van der Waals surface area contributed by atoms with E-state index in [-0.39, 0.29) is 33.8 Å². The zero-order valence-corrected chi connectivity index (χ0v) is 19.1. The van der Waals surface area contributed by atoms with E-state index < -0.39 is 45.8 Å². The van der Waals surface area contributed by atoms with Crippen molar-refractivity contribution in [3.63, 3.8) is 0 Å². The van der Waals surface area contributed by atoms with Crippen LogP contribution in [-0.2, 0) is 4.79 Å². The summed E-state index contributed by atoms with van der Waals surface area (Å²) >= 11 is 0. The van der Waals surface area contributed by atoms with Gasteiger partial charge in [0, 0.05) is 0 Å². The Hall–Kier alpha value is -4.07. The molecule has 0 fully saturated rings. The zero-order chi connectivity index (χ0) is 24.9. The molecule has 2 aromatic carbocycles. The van der Waals surface area contributed by atoms with Gasteiger partial charge in [-0.25, -0.2) is 9.59 Å². The molecule has 0 amide bonds. The highest BCUT2D eigenvalue weighted by Gasteiger charge is 2.36. The van der Waals surface area contributed by atoms with E-state index in [1.807, 2.05) is 27.7 Å². The van der Waals surface area contributed by atoms with Crippen LogP contribution in [0.1, 0.15) is 67.7 Å². The van der Waals surface area contributed by atoms with E-state index in [0.29, 0.717) is 0 Å². The molecule has 4 aromatic rings. The molecule has 4 rings (SSSR count). The highest BCUT2D eigenvalue weighted by molar-refractivity contribution is 5.92. The molecule has 0 aliphatic heterocycles. The predicted molar refractivity (Wildman–Crippen MR) is 126 cm³/mol. The fraction of sp³-hybridized carbons (Fsp3) is 0.269. The van der Waals surface area contributed by atoms with Crippen molar-refractivity contribution in [2.24, 2.45) is 0 Å². The molecule has 0 aliphatic carbocycles. The highest BCUT2D eigenvalue weighted by Crippen LogP contribution is 2.39. The second kappa shape index (κ2) is 8.37. The first kappa shape index (κ1) is 23.1. The number of hydrogen-bond acceptors (Lipinski definition) is 7. The Morgan fingerprint density at radius 1 is 0.735 bits per heavy atom. The minimum atomic E-state index is -2.02. The molecule has 2 heterocycles. The number of aliphatic carboxylic acids is 1. The molecule has 34 heavy (non-hydrogen) atoms. The first-order valence-corrected chi connectivity index (χ1v) is 10.8. The molecule has 0 atom stereocenters. The monoisotopic (exact) mass is 464 g/mol. The second-order valence-electron chi connectivity index (χ2n) is 8.90. The summed E-state index contributed by atoms with van der Waals surface area (Å²) in [6.07, 6.45) is 0. The molecule has 8 nitrogen and oxygen atoms in total. The van der Waals surface area contributed by atoms with Crippen molar-refractivity contribution in [1.82, 2.24) is 0 Å². The van der Waals surface area contributed by atoms with Gasteiger partial charge in [0.2, 0.25) is 0 Å². The average molecular weight is 464 g/mol. The van der Waals surface area contributed by atoms with Crippen molar-refractivity contribution in [2.75, 3.05) is 0 Å². The molecular formula is C26H24O8. The van der Waals surface area contributed by atoms with E-state index in [1.54, 1.807) is 24.3 Å². The number of aromatic hydroxyl groups is 2. The number of carboxylic acids is 1. The van der Waals surface area contributed by atoms with E-state index in [2.05, 4.69) is 0 Å². The number of rotatable bonds is 5. The van der Waals surface area contributed by atoms with Crippen molar-refractivity contribution in [3.8, 4) is 11.5 Å². The third-order valence-corrected chi connectivity index (χ3v) is 6.03. The largest absolute Gasteiger partial charge is 0.507 e. The Bertz CT molecular complexity index is 1440. The summed E-state index contributed by atoms with van der Waals surface area (Å²) < 4.78 is 10.6. The molecule has 8 heteroatoms. The lowest BCUT2D eigenvalue weighted by molar-refractivity contribution is -0.137. The van der Waals surface area contributed by atoms with E-state index in [0.717, 1.165) is 11.1 Å². The van der Waals surface area contributed by atoms with Crippen LogP contribution in [0.2, 0.25) is 0 Å². The number of carboxylic acid groups (broad SMARTS) is 1. The van der Waals surface area contributed by atoms with Crippen molar-refractivity contribution in [3.05, 3.63) is 79.5 Å². The Kier molecular flexibility index (Phi) is 5.69.